The van der Waals surface area contributed by atoms with E-state index >= 15 is 0 Å². The van der Waals surface area contributed by atoms with Gasteiger partial charge in [-0.05, 0) is 24.6 Å². The predicted molar refractivity (Wildman–Crippen MR) is 81.0 cm³/mol. The predicted octanol–water partition coefficient (Wildman–Crippen LogP) is 2.92. The summed E-state index contributed by atoms with van der Waals surface area (Å²) in [6.07, 6.45) is 0.172. The minimum atomic E-state index is -0.286. The molecular formula is C18H16O4. The summed E-state index contributed by atoms with van der Waals surface area (Å²) in [6, 6.07) is 12.7. The van der Waals surface area contributed by atoms with E-state index in [0.29, 0.717) is 30.1 Å². The monoisotopic (exact) mass is 296 g/mol. The first-order valence-electron chi connectivity index (χ1n) is 7.23. The van der Waals surface area contributed by atoms with Gasteiger partial charge in [-0.15, -0.1) is 0 Å². The van der Waals surface area contributed by atoms with E-state index < -0.39 is 0 Å². The van der Waals surface area contributed by atoms with Crippen LogP contribution < -0.4 is 4.74 Å². The number of rotatable bonds is 3. The van der Waals surface area contributed by atoms with Crippen molar-refractivity contribution in [1.82, 2.24) is 0 Å². The smallest absolute Gasteiger partial charge is 0.310 e. The highest BCUT2D eigenvalue weighted by atomic mass is 16.5. The second-order valence-corrected chi connectivity index (χ2v) is 5.09. The molecule has 0 N–H and O–H groups in total. The van der Waals surface area contributed by atoms with Gasteiger partial charge in [0.25, 0.3) is 0 Å². The molecule has 0 spiro atoms. The Morgan fingerprint density at radius 2 is 2.00 bits per heavy atom. The summed E-state index contributed by atoms with van der Waals surface area (Å²) >= 11 is 0. The zero-order valence-corrected chi connectivity index (χ0v) is 12.3. The van der Waals surface area contributed by atoms with Crippen molar-refractivity contribution in [2.75, 3.05) is 6.61 Å². The molecule has 0 aliphatic carbocycles. The normalized spacial score (nSPS) is 12.7. The standard InChI is InChI=1S/C18H16O4/c1-2-21-17(19)10-12-7-8-15-16(9-12)22-11-13-5-3-4-6-14(13)18(15)20/h3-9H,2,10-11H2,1H3. The maximum Gasteiger partial charge on any atom is 0.310 e. The Labute approximate surface area is 128 Å². The van der Waals surface area contributed by atoms with Crippen molar-refractivity contribution in [3.8, 4) is 5.75 Å². The Morgan fingerprint density at radius 3 is 2.82 bits per heavy atom. The van der Waals surface area contributed by atoms with Crippen LogP contribution in [0.5, 0.6) is 5.75 Å². The van der Waals surface area contributed by atoms with Gasteiger partial charge in [-0.25, -0.2) is 0 Å². The van der Waals surface area contributed by atoms with Crippen LogP contribution in [0.1, 0.15) is 34.0 Å². The zero-order valence-electron chi connectivity index (χ0n) is 12.3. The maximum atomic E-state index is 12.6. The summed E-state index contributed by atoms with van der Waals surface area (Å²) in [4.78, 5) is 24.2. The molecule has 2 aromatic carbocycles. The molecule has 0 radical (unpaired) electrons. The van der Waals surface area contributed by atoms with Gasteiger partial charge in [0.15, 0.2) is 5.78 Å². The molecule has 1 heterocycles. The SMILES string of the molecule is CCOC(=O)Cc1ccc2c(c1)OCc1ccccc1C2=O. The lowest BCUT2D eigenvalue weighted by molar-refractivity contribution is -0.142. The molecule has 22 heavy (non-hydrogen) atoms. The molecule has 2 aromatic rings. The first-order chi connectivity index (χ1) is 10.7. The van der Waals surface area contributed by atoms with Crippen LogP contribution in [-0.2, 0) is 22.6 Å². The van der Waals surface area contributed by atoms with E-state index in [1.807, 2.05) is 24.3 Å². The molecule has 112 valence electrons. The summed E-state index contributed by atoms with van der Waals surface area (Å²) in [5, 5.41) is 0. The average Bonchev–Trinajstić information content (AvgIpc) is 2.65. The third-order valence-electron chi connectivity index (χ3n) is 3.59. The molecule has 0 atom stereocenters. The highest BCUT2D eigenvalue weighted by molar-refractivity contribution is 6.12. The number of fused-ring (bicyclic) bond motifs is 2. The van der Waals surface area contributed by atoms with Crippen LogP contribution in [0.4, 0.5) is 0 Å². The number of ketones is 1. The van der Waals surface area contributed by atoms with E-state index in [1.54, 1.807) is 25.1 Å². The first-order valence-corrected chi connectivity index (χ1v) is 7.23. The summed E-state index contributed by atoms with van der Waals surface area (Å²) in [6.45, 7) is 2.47. The number of benzene rings is 2. The average molecular weight is 296 g/mol. The van der Waals surface area contributed by atoms with Crippen molar-refractivity contribution in [2.24, 2.45) is 0 Å². The van der Waals surface area contributed by atoms with E-state index in [0.717, 1.165) is 11.1 Å². The lowest BCUT2D eigenvalue weighted by Crippen LogP contribution is -2.08. The molecule has 0 aromatic heterocycles. The summed E-state index contributed by atoms with van der Waals surface area (Å²) in [5.74, 6) is 0.180. The molecule has 0 amide bonds. The number of hydrogen-bond acceptors (Lipinski definition) is 4. The van der Waals surface area contributed by atoms with E-state index in [1.165, 1.54) is 0 Å². The molecule has 0 bridgehead atoms. The lowest BCUT2D eigenvalue weighted by atomic mass is 9.98. The zero-order chi connectivity index (χ0) is 15.5. The quantitative estimate of drug-likeness (QED) is 0.817. The second-order valence-electron chi connectivity index (χ2n) is 5.09. The van der Waals surface area contributed by atoms with Crippen LogP contribution in [0, 0.1) is 0 Å². The van der Waals surface area contributed by atoms with Gasteiger partial charge in [0, 0.05) is 11.1 Å². The van der Waals surface area contributed by atoms with Gasteiger partial charge < -0.3 is 9.47 Å². The fourth-order valence-corrected chi connectivity index (χ4v) is 2.53. The van der Waals surface area contributed by atoms with Crippen molar-refractivity contribution < 1.29 is 19.1 Å². The van der Waals surface area contributed by atoms with Crippen LogP contribution in [0.15, 0.2) is 42.5 Å². The Morgan fingerprint density at radius 1 is 1.18 bits per heavy atom. The van der Waals surface area contributed by atoms with Gasteiger partial charge in [-0.2, -0.15) is 0 Å². The van der Waals surface area contributed by atoms with E-state index in [-0.39, 0.29) is 18.2 Å². The van der Waals surface area contributed by atoms with Crippen molar-refractivity contribution >= 4 is 11.8 Å². The van der Waals surface area contributed by atoms with Crippen molar-refractivity contribution in [3.05, 3.63) is 64.7 Å². The summed E-state index contributed by atoms with van der Waals surface area (Å²) in [5.41, 5.74) is 2.84. The number of esters is 1. The van der Waals surface area contributed by atoms with Gasteiger partial charge in [0.05, 0.1) is 18.6 Å². The Balaban J connectivity index is 1.92. The molecular weight excluding hydrogens is 280 g/mol. The Bertz CT molecular complexity index is 734. The molecule has 4 heteroatoms. The number of hydrogen-bond donors (Lipinski definition) is 0. The molecule has 3 rings (SSSR count). The van der Waals surface area contributed by atoms with Crippen LogP contribution in [0.25, 0.3) is 0 Å². The molecule has 1 aliphatic rings. The van der Waals surface area contributed by atoms with Crippen LogP contribution >= 0.6 is 0 Å². The molecule has 0 unspecified atom stereocenters. The van der Waals surface area contributed by atoms with Crippen molar-refractivity contribution in [1.29, 1.82) is 0 Å². The third kappa shape index (κ3) is 2.72. The number of ether oxygens (including phenoxy) is 2. The number of carbonyl (C=O) groups is 2. The Hall–Kier alpha value is -2.62. The highest BCUT2D eigenvalue weighted by Crippen LogP contribution is 2.29. The van der Waals surface area contributed by atoms with Gasteiger partial charge in [-0.3, -0.25) is 9.59 Å². The molecule has 0 fully saturated rings. The molecule has 0 saturated heterocycles. The van der Waals surface area contributed by atoms with Gasteiger partial charge in [0.2, 0.25) is 0 Å². The highest BCUT2D eigenvalue weighted by Gasteiger charge is 2.22. The Kier molecular flexibility index (Phi) is 3.92. The van der Waals surface area contributed by atoms with Crippen LogP contribution in [-0.4, -0.2) is 18.4 Å². The van der Waals surface area contributed by atoms with Crippen molar-refractivity contribution in [3.63, 3.8) is 0 Å². The third-order valence-corrected chi connectivity index (χ3v) is 3.59. The summed E-state index contributed by atoms with van der Waals surface area (Å²) < 4.78 is 10.7. The van der Waals surface area contributed by atoms with Crippen LogP contribution in [0.3, 0.4) is 0 Å². The van der Waals surface area contributed by atoms with E-state index in [2.05, 4.69) is 0 Å². The minimum absolute atomic E-state index is 0.0502. The lowest BCUT2D eigenvalue weighted by Gasteiger charge is -2.08. The van der Waals surface area contributed by atoms with Gasteiger partial charge in [-0.1, -0.05) is 30.3 Å². The van der Waals surface area contributed by atoms with Gasteiger partial charge >= 0.3 is 5.97 Å². The molecule has 1 aliphatic heterocycles. The van der Waals surface area contributed by atoms with Crippen LogP contribution in [0.2, 0.25) is 0 Å². The van der Waals surface area contributed by atoms with E-state index in [9.17, 15) is 9.59 Å². The number of carbonyl (C=O) groups excluding carboxylic acids is 2. The second kappa shape index (κ2) is 6.02. The largest absolute Gasteiger partial charge is 0.488 e. The summed E-state index contributed by atoms with van der Waals surface area (Å²) in [7, 11) is 0. The maximum absolute atomic E-state index is 12.6. The van der Waals surface area contributed by atoms with E-state index in [4.69, 9.17) is 9.47 Å². The van der Waals surface area contributed by atoms with Crippen molar-refractivity contribution in [2.45, 2.75) is 20.0 Å². The van der Waals surface area contributed by atoms with Gasteiger partial charge in [0.1, 0.15) is 12.4 Å². The fourth-order valence-electron chi connectivity index (χ4n) is 2.53. The topological polar surface area (TPSA) is 52.6 Å². The minimum Gasteiger partial charge on any atom is -0.488 e. The molecule has 4 nitrogen and oxygen atoms in total. The molecule has 0 saturated carbocycles. The fraction of sp³-hybridized carbons (Fsp3) is 0.222. The first kappa shape index (κ1) is 14.3.